The van der Waals surface area contributed by atoms with Gasteiger partial charge in [-0.25, -0.2) is 4.98 Å². The Hall–Kier alpha value is -1.56. The van der Waals surface area contributed by atoms with Crippen LogP contribution >= 0.6 is 11.8 Å². The van der Waals surface area contributed by atoms with E-state index in [-0.39, 0.29) is 17.4 Å². The molecule has 0 radical (unpaired) electrons. The summed E-state index contributed by atoms with van der Waals surface area (Å²) in [4.78, 5) is 25.7. The van der Waals surface area contributed by atoms with Gasteiger partial charge in [-0.1, -0.05) is 6.07 Å². The molecule has 1 aromatic heterocycles. The van der Waals surface area contributed by atoms with E-state index in [2.05, 4.69) is 10.3 Å². The van der Waals surface area contributed by atoms with Gasteiger partial charge in [0, 0.05) is 5.69 Å². The number of carbonyl (C=O) groups excluding carboxylic acids is 1. The van der Waals surface area contributed by atoms with Gasteiger partial charge in [0.25, 0.3) is 0 Å². The Kier molecular flexibility index (Phi) is 4.78. The summed E-state index contributed by atoms with van der Waals surface area (Å²) in [6.07, 6.45) is 0. The summed E-state index contributed by atoms with van der Waals surface area (Å²) in [7, 11) is 0. The molecule has 0 aliphatic rings. The largest absolute Gasteiger partial charge is 0.481 e. The Balaban J connectivity index is 2.37. The number of nitrogens with one attached hydrogen (secondary N) is 1. The van der Waals surface area contributed by atoms with Gasteiger partial charge in [-0.3, -0.25) is 9.59 Å². The number of aromatic nitrogens is 1. The van der Waals surface area contributed by atoms with Crippen LogP contribution < -0.4 is 5.32 Å². The Bertz CT molecular complexity index is 395. The van der Waals surface area contributed by atoms with Crippen LogP contribution in [0.1, 0.15) is 5.69 Å². The highest BCUT2D eigenvalue weighted by Crippen LogP contribution is 2.05. The first-order valence-electron chi connectivity index (χ1n) is 4.61. The van der Waals surface area contributed by atoms with Gasteiger partial charge in [0.1, 0.15) is 5.82 Å². The smallest absolute Gasteiger partial charge is 0.313 e. The number of nitrogens with zero attached hydrogens (tertiary/aromatic N) is 1. The third kappa shape index (κ3) is 4.79. The van der Waals surface area contributed by atoms with Crippen LogP contribution in [-0.4, -0.2) is 33.5 Å². The molecule has 1 aromatic rings. The van der Waals surface area contributed by atoms with Crippen molar-refractivity contribution in [1.82, 2.24) is 4.98 Å². The highest BCUT2D eigenvalue weighted by molar-refractivity contribution is 8.00. The molecule has 1 amide bonds. The maximum atomic E-state index is 11.3. The van der Waals surface area contributed by atoms with E-state index in [1.54, 1.807) is 12.1 Å². The lowest BCUT2D eigenvalue weighted by atomic mass is 10.4. The van der Waals surface area contributed by atoms with Crippen LogP contribution in [0.4, 0.5) is 5.82 Å². The van der Waals surface area contributed by atoms with Gasteiger partial charge in [0.05, 0.1) is 11.5 Å². The highest BCUT2D eigenvalue weighted by Gasteiger charge is 2.05. The summed E-state index contributed by atoms with van der Waals surface area (Å²) >= 11 is 1.05. The number of aryl methyl sites for hydroxylation is 1. The van der Waals surface area contributed by atoms with E-state index in [0.717, 1.165) is 17.5 Å². The molecule has 0 spiro atoms. The van der Waals surface area contributed by atoms with Crippen LogP contribution in [0, 0.1) is 6.92 Å². The number of carboxylic acids is 1. The van der Waals surface area contributed by atoms with Gasteiger partial charge in [-0.05, 0) is 19.1 Å². The zero-order valence-corrected chi connectivity index (χ0v) is 9.58. The number of amides is 1. The van der Waals surface area contributed by atoms with Gasteiger partial charge in [0.2, 0.25) is 5.91 Å². The first-order valence-corrected chi connectivity index (χ1v) is 5.76. The molecule has 6 heteroatoms. The molecule has 0 bridgehead atoms. The quantitative estimate of drug-likeness (QED) is 0.807. The molecule has 0 atom stereocenters. The van der Waals surface area contributed by atoms with Crippen molar-refractivity contribution in [2.75, 3.05) is 16.8 Å². The SMILES string of the molecule is Cc1cccc(NC(=O)CSCC(=O)O)n1. The molecule has 0 aliphatic heterocycles. The van der Waals surface area contributed by atoms with E-state index in [4.69, 9.17) is 5.11 Å². The van der Waals surface area contributed by atoms with Crippen molar-refractivity contribution in [2.45, 2.75) is 6.92 Å². The molecule has 0 fully saturated rings. The second kappa shape index (κ2) is 6.12. The van der Waals surface area contributed by atoms with Crippen molar-refractivity contribution in [3.63, 3.8) is 0 Å². The molecule has 2 N–H and O–H groups in total. The number of anilines is 1. The van der Waals surface area contributed by atoms with Crippen LogP contribution in [0.15, 0.2) is 18.2 Å². The number of hydrogen-bond acceptors (Lipinski definition) is 4. The number of thioether (sulfide) groups is 1. The molecular weight excluding hydrogens is 228 g/mol. The summed E-state index contributed by atoms with van der Waals surface area (Å²) in [5.74, 6) is -0.645. The minimum atomic E-state index is -0.925. The molecule has 16 heavy (non-hydrogen) atoms. The summed E-state index contributed by atoms with van der Waals surface area (Å²) < 4.78 is 0. The predicted molar refractivity (Wildman–Crippen MR) is 62.6 cm³/mol. The number of carboxylic acid groups (broad SMARTS) is 1. The molecule has 0 aliphatic carbocycles. The van der Waals surface area contributed by atoms with E-state index in [9.17, 15) is 9.59 Å². The van der Waals surface area contributed by atoms with E-state index in [1.165, 1.54) is 0 Å². The number of pyridine rings is 1. The van der Waals surface area contributed by atoms with E-state index >= 15 is 0 Å². The first kappa shape index (κ1) is 12.5. The summed E-state index contributed by atoms with van der Waals surface area (Å²) in [6, 6.07) is 5.31. The monoisotopic (exact) mass is 240 g/mol. The second-order valence-electron chi connectivity index (χ2n) is 3.10. The molecule has 0 aromatic carbocycles. The minimum Gasteiger partial charge on any atom is -0.481 e. The van der Waals surface area contributed by atoms with Crippen LogP contribution in [0.2, 0.25) is 0 Å². The van der Waals surface area contributed by atoms with E-state index in [1.807, 2.05) is 13.0 Å². The topological polar surface area (TPSA) is 79.3 Å². The standard InChI is InChI=1S/C10H12N2O3S/c1-7-3-2-4-8(11-7)12-9(13)5-16-6-10(14)15/h2-4H,5-6H2,1H3,(H,14,15)(H,11,12,13). The second-order valence-corrected chi connectivity index (χ2v) is 4.08. The number of hydrogen-bond donors (Lipinski definition) is 2. The average Bonchev–Trinajstić information content (AvgIpc) is 2.16. The fraction of sp³-hybridized carbons (Fsp3) is 0.300. The van der Waals surface area contributed by atoms with Crippen molar-refractivity contribution in [3.05, 3.63) is 23.9 Å². The molecule has 1 rings (SSSR count). The van der Waals surface area contributed by atoms with E-state index < -0.39 is 5.97 Å². The van der Waals surface area contributed by atoms with Crippen molar-refractivity contribution in [2.24, 2.45) is 0 Å². The molecule has 0 unspecified atom stereocenters. The summed E-state index contributed by atoms with van der Waals surface area (Å²) in [5, 5.41) is 11.0. The first-order chi connectivity index (χ1) is 7.58. The van der Waals surface area contributed by atoms with Gasteiger partial charge in [0.15, 0.2) is 0 Å². The molecule has 0 saturated carbocycles. The lowest BCUT2D eigenvalue weighted by Gasteiger charge is -2.03. The number of carbonyl (C=O) groups is 2. The van der Waals surface area contributed by atoms with Crippen molar-refractivity contribution >= 4 is 29.5 Å². The maximum absolute atomic E-state index is 11.3. The molecule has 0 saturated heterocycles. The number of aliphatic carboxylic acids is 1. The lowest BCUT2D eigenvalue weighted by molar-refractivity contribution is -0.133. The van der Waals surface area contributed by atoms with Crippen LogP contribution in [0.5, 0.6) is 0 Å². The summed E-state index contributed by atoms with van der Waals surface area (Å²) in [5.41, 5.74) is 0.816. The summed E-state index contributed by atoms with van der Waals surface area (Å²) in [6.45, 7) is 1.83. The van der Waals surface area contributed by atoms with Crippen LogP contribution in [-0.2, 0) is 9.59 Å². The van der Waals surface area contributed by atoms with Crippen molar-refractivity contribution < 1.29 is 14.7 Å². The zero-order valence-electron chi connectivity index (χ0n) is 8.77. The van der Waals surface area contributed by atoms with Gasteiger partial charge in [-0.2, -0.15) is 0 Å². The predicted octanol–water partition coefficient (Wildman–Crippen LogP) is 1.15. The zero-order chi connectivity index (χ0) is 12.0. The highest BCUT2D eigenvalue weighted by atomic mass is 32.2. The van der Waals surface area contributed by atoms with Crippen LogP contribution in [0.3, 0.4) is 0 Å². The third-order valence-corrected chi connectivity index (χ3v) is 2.53. The maximum Gasteiger partial charge on any atom is 0.313 e. The Morgan fingerprint density at radius 3 is 2.81 bits per heavy atom. The Labute approximate surface area is 97.3 Å². The molecule has 5 nitrogen and oxygen atoms in total. The van der Waals surface area contributed by atoms with Gasteiger partial charge >= 0.3 is 5.97 Å². The fourth-order valence-electron chi connectivity index (χ4n) is 1.02. The molecule has 1 heterocycles. The Morgan fingerprint density at radius 1 is 1.44 bits per heavy atom. The Morgan fingerprint density at radius 2 is 2.19 bits per heavy atom. The van der Waals surface area contributed by atoms with Gasteiger partial charge in [-0.15, -0.1) is 11.8 Å². The van der Waals surface area contributed by atoms with Crippen LogP contribution in [0.25, 0.3) is 0 Å². The third-order valence-electron chi connectivity index (χ3n) is 1.61. The fourth-order valence-corrected chi connectivity index (χ4v) is 1.56. The van der Waals surface area contributed by atoms with Crippen molar-refractivity contribution in [3.8, 4) is 0 Å². The lowest BCUT2D eigenvalue weighted by Crippen LogP contribution is -2.16. The average molecular weight is 240 g/mol. The van der Waals surface area contributed by atoms with E-state index in [0.29, 0.717) is 5.82 Å². The molecular formula is C10H12N2O3S. The number of rotatable bonds is 5. The van der Waals surface area contributed by atoms with Crippen molar-refractivity contribution in [1.29, 1.82) is 0 Å². The minimum absolute atomic E-state index is 0.0747. The normalized spacial score (nSPS) is 9.81. The molecule has 86 valence electrons. The van der Waals surface area contributed by atoms with Gasteiger partial charge < -0.3 is 10.4 Å².